The van der Waals surface area contributed by atoms with Crippen LogP contribution in [0, 0.1) is 5.92 Å². The van der Waals surface area contributed by atoms with Crippen molar-refractivity contribution < 1.29 is 22.4 Å². The summed E-state index contributed by atoms with van der Waals surface area (Å²) >= 11 is 0. The number of carbonyl (C=O) groups excluding carboxylic acids is 2. The van der Waals surface area contributed by atoms with Crippen molar-refractivity contribution in [2.24, 2.45) is 5.92 Å². The van der Waals surface area contributed by atoms with Gasteiger partial charge in [-0.1, -0.05) is 30.3 Å². The average Bonchev–Trinajstić information content (AvgIpc) is 3.23. The van der Waals surface area contributed by atoms with Crippen LogP contribution in [0.2, 0.25) is 0 Å². The zero-order chi connectivity index (χ0) is 19.7. The number of hydrogen-bond acceptors (Lipinski definition) is 5. The molecule has 8 heteroatoms. The first-order valence-corrected chi connectivity index (χ1v) is 10.9. The molecule has 1 saturated heterocycles. The molecule has 1 aliphatic rings. The van der Waals surface area contributed by atoms with E-state index in [-0.39, 0.29) is 36.2 Å². The van der Waals surface area contributed by atoms with Crippen molar-refractivity contribution in [2.45, 2.75) is 19.3 Å². The van der Waals surface area contributed by atoms with Crippen LogP contribution < -0.4 is 10.9 Å². The van der Waals surface area contributed by atoms with Gasteiger partial charge >= 0.3 is 0 Å². The van der Waals surface area contributed by atoms with Gasteiger partial charge in [0, 0.05) is 17.4 Å². The summed E-state index contributed by atoms with van der Waals surface area (Å²) < 4.78 is 28.5. The molecule has 2 aromatic carbocycles. The van der Waals surface area contributed by atoms with Crippen molar-refractivity contribution in [1.82, 2.24) is 10.9 Å². The van der Waals surface area contributed by atoms with Gasteiger partial charge in [0.15, 0.2) is 9.84 Å². The molecule has 146 valence electrons. The normalized spacial score (nSPS) is 18.4. The summed E-state index contributed by atoms with van der Waals surface area (Å²) in [4.78, 5) is 24.2. The lowest BCUT2D eigenvalue weighted by molar-refractivity contribution is -0.129. The molecule has 28 heavy (non-hydrogen) atoms. The Balaban J connectivity index is 1.39. The molecule has 0 bridgehead atoms. The maximum atomic E-state index is 12.3. The van der Waals surface area contributed by atoms with E-state index in [1.54, 1.807) is 6.26 Å². The summed E-state index contributed by atoms with van der Waals surface area (Å²) in [5.74, 6) is -0.798. The van der Waals surface area contributed by atoms with E-state index < -0.39 is 15.7 Å². The first-order valence-electron chi connectivity index (χ1n) is 9.07. The molecule has 1 atom stereocenters. The SMILES string of the molecule is O=C(Cc1coc2ccc3ccccc3c12)NNC(=O)C[C@H]1CCS(=O)(=O)C1. The molecule has 1 aliphatic heterocycles. The molecule has 3 aromatic rings. The maximum Gasteiger partial charge on any atom is 0.242 e. The van der Waals surface area contributed by atoms with Crippen molar-refractivity contribution in [3.8, 4) is 0 Å². The Hall–Kier alpha value is -2.87. The van der Waals surface area contributed by atoms with Crippen molar-refractivity contribution >= 4 is 43.4 Å². The van der Waals surface area contributed by atoms with Crippen LogP contribution in [0.4, 0.5) is 0 Å². The summed E-state index contributed by atoms with van der Waals surface area (Å²) in [6.07, 6.45) is 2.18. The van der Waals surface area contributed by atoms with Gasteiger partial charge in [0.05, 0.1) is 24.2 Å². The molecule has 0 unspecified atom stereocenters. The van der Waals surface area contributed by atoms with Gasteiger partial charge in [-0.15, -0.1) is 0 Å². The second kappa shape index (κ2) is 7.27. The predicted molar refractivity (Wildman–Crippen MR) is 105 cm³/mol. The topological polar surface area (TPSA) is 105 Å². The number of carbonyl (C=O) groups is 2. The number of furan rings is 1. The second-order valence-electron chi connectivity index (χ2n) is 7.17. The third kappa shape index (κ3) is 3.87. The van der Waals surface area contributed by atoms with Crippen LogP contribution >= 0.6 is 0 Å². The van der Waals surface area contributed by atoms with Crippen LogP contribution in [0.25, 0.3) is 21.7 Å². The molecule has 1 aromatic heterocycles. The fourth-order valence-electron chi connectivity index (χ4n) is 3.71. The number of sulfone groups is 1. The number of amides is 2. The highest BCUT2D eigenvalue weighted by Crippen LogP contribution is 2.30. The van der Waals surface area contributed by atoms with E-state index >= 15 is 0 Å². The van der Waals surface area contributed by atoms with Crippen LogP contribution in [0.1, 0.15) is 18.4 Å². The summed E-state index contributed by atoms with van der Waals surface area (Å²) in [7, 11) is -3.02. The van der Waals surface area contributed by atoms with E-state index in [0.29, 0.717) is 12.0 Å². The molecule has 7 nitrogen and oxygen atoms in total. The molecule has 0 saturated carbocycles. The largest absolute Gasteiger partial charge is 0.464 e. The lowest BCUT2D eigenvalue weighted by Gasteiger charge is -2.10. The lowest BCUT2D eigenvalue weighted by Crippen LogP contribution is -2.43. The van der Waals surface area contributed by atoms with Gasteiger partial charge in [-0.3, -0.25) is 20.4 Å². The molecule has 2 heterocycles. The Morgan fingerprint density at radius 3 is 2.64 bits per heavy atom. The van der Waals surface area contributed by atoms with Crippen LogP contribution in [0.3, 0.4) is 0 Å². The van der Waals surface area contributed by atoms with E-state index in [1.807, 2.05) is 36.4 Å². The molecule has 2 amide bonds. The fourth-order valence-corrected chi connectivity index (χ4v) is 5.57. The predicted octanol–water partition coefficient (Wildman–Crippen LogP) is 2.10. The molecular weight excluding hydrogens is 380 g/mol. The number of fused-ring (bicyclic) bond motifs is 3. The fraction of sp³-hybridized carbons (Fsp3) is 0.300. The highest BCUT2D eigenvalue weighted by atomic mass is 32.2. The minimum absolute atomic E-state index is 0.0302. The minimum Gasteiger partial charge on any atom is -0.464 e. The van der Waals surface area contributed by atoms with Crippen molar-refractivity contribution in [3.05, 3.63) is 48.2 Å². The van der Waals surface area contributed by atoms with Gasteiger partial charge in [-0.2, -0.15) is 0 Å². The van der Waals surface area contributed by atoms with Crippen LogP contribution in [0.15, 0.2) is 47.1 Å². The van der Waals surface area contributed by atoms with Crippen LogP contribution in [-0.4, -0.2) is 31.7 Å². The standard InChI is InChI=1S/C20H20N2O5S/c23-18(9-13-7-8-28(25,26)12-13)21-22-19(24)10-15-11-27-17-6-5-14-3-1-2-4-16(14)20(15)17/h1-6,11,13H,7-10,12H2,(H,21,23)(H,22,24)/t13-/m1/s1. The number of nitrogens with one attached hydrogen (secondary N) is 2. The molecule has 4 rings (SSSR count). The van der Waals surface area contributed by atoms with Gasteiger partial charge in [0.25, 0.3) is 0 Å². The molecule has 0 aliphatic carbocycles. The second-order valence-corrected chi connectivity index (χ2v) is 9.40. The summed E-state index contributed by atoms with van der Waals surface area (Å²) in [5.41, 5.74) is 6.21. The summed E-state index contributed by atoms with van der Waals surface area (Å²) in [5, 5.41) is 2.94. The first-order chi connectivity index (χ1) is 13.4. The van der Waals surface area contributed by atoms with Gasteiger partial charge in [0.2, 0.25) is 11.8 Å². The van der Waals surface area contributed by atoms with Crippen LogP contribution in [0.5, 0.6) is 0 Å². The minimum atomic E-state index is -3.02. The Kier molecular flexibility index (Phi) is 4.80. The quantitative estimate of drug-likeness (QED) is 0.653. The number of hydrazine groups is 1. The van der Waals surface area contributed by atoms with Crippen molar-refractivity contribution in [1.29, 1.82) is 0 Å². The Bertz CT molecular complexity index is 1170. The highest BCUT2D eigenvalue weighted by Gasteiger charge is 2.29. The lowest BCUT2D eigenvalue weighted by atomic mass is 10.0. The highest BCUT2D eigenvalue weighted by molar-refractivity contribution is 7.91. The molecular formula is C20H20N2O5S. The van der Waals surface area contributed by atoms with Gasteiger partial charge < -0.3 is 4.42 Å². The average molecular weight is 400 g/mol. The third-order valence-electron chi connectivity index (χ3n) is 5.03. The molecule has 0 radical (unpaired) electrons. The monoisotopic (exact) mass is 400 g/mol. The van der Waals surface area contributed by atoms with E-state index in [2.05, 4.69) is 10.9 Å². The van der Waals surface area contributed by atoms with Gasteiger partial charge in [0.1, 0.15) is 5.58 Å². The smallest absolute Gasteiger partial charge is 0.242 e. The van der Waals surface area contributed by atoms with Crippen molar-refractivity contribution in [2.75, 3.05) is 11.5 Å². The van der Waals surface area contributed by atoms with Crippen LogP contribution in [-0.2, 0) is 25.8 Å². The first kappa shape index (κ1) is 18.5. The third-order valence-corrected chi connectivity index (χ3v) is 6.87. The Labute approximate surface area is 162 Å². The van der Waals surface area contributed by atoms with Crippen molar-refractivity contribution in [3.63, 3.8) is 0 Å². The maximum absolute atomic E-state index is 12.3. The van der Waals surface area contributed by atoms with Gasteiger partial charge in [-0.05, 0) is 29.2 Å². The Morgan fingerprint density at radius 2 is 1.86 bits per heavy atom. The summed E-state index contributed by atoms with van der Waals surface area (Å²) in [6.45, 7) is 0. The molecule has 0 spiro atoms. The Morgan fingerprint density at radius 1 is 1.07 bits per heavy atom. The van der Waals surface area contributed by atoms with Gasteiger partial charge in [-0.25, -0.2) is 8.42 Å². The van der Waals surface area contributed by atoms with E-state index in [1.165, 1.54) is 0 Å². The number of hydrogen-bond donors (Lipinski definition) is 2. The number of benzene rings is 2. The molecule has 2 N–H and O–H groups in total. The molecule has 1 fully saturated rings. The zero-order valence-electron chi connectivity index (χ0n) is 15.1. The van der Waals surface area contributed by atoms with E-state index in [0.717, 1.165) is 21.7 Å². The summed E-state index contributed by atoms with van der Waals surface area (Å²) in [6, 6.07) is 11.7. The van der Waals surface area contributed by atoms with E-state index in [9.17, 15) is 18.0 Å². The number of rotatable bonds is 4. The zero-order valence-corrected chi connectivity index (χ0v) is 15.9. The van der Waals surface area contributed by atoms with E-state index in [4.69, 9.17) is 4.42 Å².